The Morgan fingerprint density at radius 3 is 1.86 bits per heavy atom. The molecule has 2 unspecified atom stereocenters. The lowest BCUT2D eigenvalue weighted by molar-refractivity contribution is -0.121. The van der Waals surface area contributed by atoms with Crippen LogP contribution in [0.3, 0.4) is 0 Å². The number of amides is 1. The first-order valence-corrected chi connectivity index (χ1v) is 39.8. The quantitative estimate of drug-likeness (QED) is 0.0136. The topological polar surface area (TPSA) is 293 Å². The molecule has 2 saturated heterocycles. The van der Waals surface area contributed by atoms with E-state index in [0.717, 1.165) is 16.7 Å². The first-order chi connectivity index (χ1) is 46.9. The number of nitrogens with one attached hydrogen (secondary N) is 4. The number of rotatable bonds is 31. The van der Waals surface area contributed by atoms with Gasteiger partial charge in [0.15, 0.2) is 42.7 Å². The van der Waals surface area contributed by atoms with Crippen molar-refractivity contribution in [3.8, 4) is 12.1 Å². The van der Waals surface area contributed by atoms with Crippen LogP contribution < -0.4 is 21.3 Å². The minimum Gasteiger partial charge on any atom is -0.408 e. The molecule has 0 aliphatic carbocycles. The van der Waals surface area contributed by atoms with Gasteiger partial charge in [0, 0.05) is 35.5 Å². The second kappa shape index (κ2) is 32.0. The van der Waals surface area contributed by atoms with E-state index in [1.165, 1.54) is 6.33 Å². The number of anilines is 1. The van der Waals surface area contributed by atoms with Gasteiger partial charge in [-0.3, -0.25) is 28.8 Å². The van der Waals surface area contributed by atoms with Crippen LogP contribution >= 0.6 is 15.2 Å². The average molecular weight is 1410 g/mol. The predicted octanol–water partition coefficient (Wildman–Crippen LogP) is 12.2. The molecular formula is C70H88N14O10P2SSi. The minimum atomic E-state index is -3.94. The van der Waals surface area contributed by atoms with Gasteiger partial charge in [-0.25, -0.2) is 34.7 Å². The van der Waals surface area contributed by atoms with Crippen LogP contribution in [0.2, 0.25) is 18.1 Å². The predicted molar refractivity (Wildman–Crippen MR) is 381 cm³/mol. The van der Waals surface area contributed by atoms with E-state index in [9.17, 15) is 24.9 Å². The summed E-state index contributed by atoms with van der Waals surface area (Å²) < 4.78 is 55.5. The monoisotopic (exact) mass is 1410 g/mol. The van der Waals surface area contributed by atoms with Crippen molar-refractivity contribution in [1.29, 1.82) is 10.5 Å². The highest BCUT2D eigenvalue weighted by Crippen LogP contribution is 2.53. The van der Waals surface area contributed by atoms with E-state index in [-0.39, 0.29) is 97.3 Å². The minimum absolute atomic E-state index is 0.0354. The van der Waals surface area contributed by atoms with Gasteiger partial charge in [0.1, 0.15) is 36.4 Å². The Labute approximate surface area is 579 Å². The zero-order chi connectivity index (χ0) is 70.1. The maximum atomic E-state index is 13.9. The Balaban J connectivity index is 1.10. The van der Waals surface area contributed by atoms with Crippen LogP contribution in [0.5, 0.6) is 0 Å². The molecule has 518 valence electrons. The molecule has 0 radical (unpaired) electrons. The van der Waals surface area contributed by atoms with E-state index in [4.69, 9.17) is 58.8 Å². The van der Waals surface area contributed by atoms with E-state index in [1.54, 1.807) is 59.9 Å². The third-order valence-electron chi connectivity index (χ3n) is 18.2. The fourth-order valence-electron chi connectivity index (χ4n) is 12.2. The number of ether oxygens (including phenoxy) is 2. The molecule has 2 fully saturated rings. The molecule has 4 aromatic heterocycles. The van der Waals surface area contributed by atoms with Crippen molar-refractivity contribution in [3.05, 3.63) is 179 Å². The van der Waals surface area contributed by atoms with Crippen molar-refractivity contribution < 1.29 is 41.6 Å². The number of carbonyl (C=O) groups excluding carboxylic acids is 2. The molecule has 10 atom stereocenters. The second-order valence-electron chi connectivity index (χ2n) is 26.9. The van der Waals surface area contributed by atoms with E-state index in [1.807, 2.05) is 60.7 Å². The van der Waals surface area contributed by atoms with Gasteiger partial charge in [-0.2, -0.15) is 10.5 Å². The number of hydrogen-bond acceptors (Lipinski definition) is 20. The fourth-order valence-corrected chi connectivity index (χ4v) is 17.5. The van der Waals surface area contributed by atoms with Crippen LogP contribution in [-0.4, -0.2) is 133 Å². The number of fused-ring (bicyclic) bond motifs is 2. The molecule has 4 N–H and O–H groups in total. The van der Waals surface area contributed by atoms with E-state index in [2.05, 4.69) is 152 Å². The van der Waals surface area contributed by atoms with Crippen LogP contribution in [-0.2, 0) is 60.6 Å². The third-order valence-corrected chi connectivity index (χ3v) is 27.3. The van der Waals surface area contributed by atoms with Crippen LogP contribution in [0.15, 0.2) is 145 Å². The molecule has 0 bridgehead atoms. The first-order valence-electron chi connectivity index (χ1n) is 33.1. The van der Waals surface area contributed by atoms with Crippen molar-refractivity contribution in [3.63, 3.8) is 0 Å². The Morgan fingerprint density at radius 1 is 0.735 bits per heavy atom. The van der Waals surface area contributed by atoms with Gasteiger partial charge in [-0.1, -0.05) is 151 Å². The lowest BCUT2D eigenvalue weighted by Gasteiger charge is -2.42. The smallest absolute Gasteiger partial charge is 0.279 e. The van der Waals surface area contributed by atoms with Crippen molar-refractivity contribution in [2.24, 2.45) is 11.8 Å². The Kier molecular flexibility index (Phi) is 24.0. The molecule has 4 aromatic carbocycles. The van der Waals surface area contributed by atoms with Crippen LogP contribution in [0, 0.1) is 34.5 Å². The SMILES string of the molecule is CC(C)C(=O)Cc1nc2c(ncn2[C@@H]2O[C@H](COP(=S)(N[C@H]3[C@@H](O[Si](C)(C)C(C)(C)C)[C@H](n4cnc5c(NC(=O)c6ccccc6)ncnc54)O[C@@H]3COP(OCCC#N)N(C(C)C)C(C)C)OCCC#N)[C@@H](NC(c3ccccc3)(c3ccccc3)c3ccccc3)[C@H]2C)c(=O)[nH]1. The van der Waals surface area contributed by atoms with Crippen molar-refractivity contribution in [2.75, 3.05) is 31.7 Å². The molecule has 0 saturated carbocycles. The number of nitrogens with zero attached hydrogens (tertiary/aromatic N) is 10. The molecule has 0 spiro atoms. The zero-order valence-corrected chi connectivity index (χ0v) is 61.0. The molecule has 1 amide bonds. The first kappa shape index (κ1) is 73.5. The molecule has 2 aliphatic heterocycles. The average Bonchev–Trinajstić information content (AvgIpc) is 1.47. The van der Waals surface area contributed by atoms with Crippen molar-refractivity contribution in [2.45, 2.75) is 167 Å². The summed E-state index contributed by atoms with van der Waals surface area (Å²) in [6.07, 6.45) is -0.131. The van der Waals surface area contributed by atoms with Gasteiger partial charge in [-0.05, 0) is 86.5 Å². The molecule has 28 heteroatoms. The summed E-state index contributed by atoms with van der Waals surface area (Å²) in [5.74, 6) is -0.873. The van der Waals surface area contributed by atoms with Gasteiger partial charge >= 0.3 is 0 Å². The van der Waals surface area contributed by atoms with Gasteiger partial charge in [0.2, 0.25) is 0 Å². The number of Topliss-reactive ketones (excluding diaryl/α,β-unsaturated/α-hetero) is 1. The summed E-state index contributed by atoms with van der Waals surface area (Å²) in [6.45, 7) is 20.3. The number of aromatic amines is 1. The fraction of sp³-hybridized carbons (Fsp3) is 0.457. The summed E-state index contributed by atoms with van der Waals surface area (Å²) in [5.41, 5.74) is 2.62. The summed E-state index contributed by atoms with van der Waals surface area (Å²) in [6, 6.07) is 42.1. The number of benzene rings is 4. The number of carbonyl (C=O) groups is 2. The lowest BCUT2D eigenvalue weighted by atomic mass is 9.75. The van der Waals surface area contributed by atoms with E-state index < -0.39 is 89.3 Å². The third kappa shape index (κ3) is 16.3. The molecule has 10 rings (SSSR count). The van der Waals surface area contributed by atoms with Crippen molar-refractivity contribution >= 4 is 75.1 Å². The van der Waals surface area contributed by atoms with E-state index in [0.29, 0.717) is 16.7 Å². The highest BCUT2D eigenvalue weighted by molar-refractivity contribution is 8.09. The van der Waals surface area contributed by atoms with Crippen LogP contribution in [0.4, 0.5) is 5.82 Å². The van der Waals surface area contributed by atoms with Crippen LogP contribution in [0.1, 0.15) is 127 Å². The normalized spacial score (nSPS) is 20.9. The van der Waals surface area contributed by atoms with Gasteiger partial charge in [0.05, 0.1) is 88.2 Å². The molecule has 2 aliphatic rings. The highest BCUT2D eigenvalue weighted by Gasteiger charge is 2.55. The lowest BCUT2D eigenvalue weighted by Crippen LogP contribution is -2.55. The Hall–Kier alpha value is -7.20. The van der Waals surface area contributed by atoms with E-state index >= 15 is 0 Å². The number of H-pyrrole nitrogens is 1. The van der Waals surface area contributed by atoms with Gasteiger partial charge in [-0.15, -0.1) is 0 Å². The van der Waals surface area contributed by atoms with Crippen molar-refractivity contribution in [1.82, 2.24) is 54.1 Å². The maximum absolute atomic E-state index is 13.9. The molecular weight excluding hydrogens is 1320 g/mol. The number of aromatic nitrogens is 8. The molecule has 6 heterocycles. The van der Waals surface area contributed by atoms with Gasteiger partial charge < -0.3 is 42.3 Å². The number of ketones is 1. The molecule has 8 aromatic rings. The maximum Gasteiger partial charge on any atom is 0.279 e. The largest absolute Gasteiger partial charge is 0.408 e. The number of nitriles is 2. The number of imidazole rings is 2. The summed E-state index contributed by atoms with van der Waals surface area (Å²) in [7, 11) is -4.68. The summed E-state index contributed by atoms with van der Waals surface area (Å²) in [4.78, 5) is 67.1. The number of hydrogen-bond donors (Lipinski definition) is 4. The summed E-state index contributed by atoms with van der Waals surface area (Å²) >= 11 is 6.80. The summed E-state index contributed by atoms with van der Waals surface area (Å²) in [5, 5.41) is 30.3. The van der Waals surface area contributed by atoms with Gasteiger partial charge in [0.25, 0.3) is 26.6 Å². The molecule has 98 heavy (non-hydrogen) atoms. The zero-order valence-electron chi connectivity index (χ0n) is 57.4. The highest BCUT2D eigenvalue weighted by atomic mass is 32.5. The Morgan fingerprint density at radius 2 is 1.29 bits per heavy atom. The van der Waals surface area contributed by atoms with Crippen LogP contribution in [0.25, 0.3) is 22.3 Å². The molecule has 24 nitrogen and oxygen atoms in total. The Bertz CT molecular complexity index is 4110. The standard InChI is InChI=1S/C70H88N14O10P2SSi/c1-45(2)53(85)39-56-77-64-60(66(87)78-56)76-44-83(64)67-48(7)57(80-70(50-29-19-14-20-30-50,51-31-21-15-22-32-51)52-33-23-16-24-34-52)55(92-67)41-91-96(97,90-38-26-36-72)81-58-54(40-89-95(88-37-25-35-71)84(46(3)4)47(5)6)93-68(61(58)94-98(11,12)69(8,9)10)82-43-75-59-62(73-42-74-63(59)82)79-65(86)49-27-17-13-18-28-49/h13-24,27-34,42-48,54-55,57-58,61,67-68,80H,25-26,37-41H2,1-12H3,(H,81,97)(H,77,78,87)(H,73,74,79,86)/t48-,54-,55-,57+,58-,61-,67-,68-,95?,96?/m1/s1. The second-order valence-corrected chi connectivity index (χ2v) is 36.3.